The minimum Gasteiger partial charge on any atom is -0.497 e. The maximum Gasteiger partial charge on any atom is 0.347 e. The molecule has 7 nitrogen and oxygen atoms in total. The van der Waals surface area contributed by atoms with Gasteiger partial charge in [-0.15, -0.1) is 0 Å². The second kappa shape index (κ2) is 10.6. The Kier molecular flexibility index (Phi) is 8.47. The third-order valence-corrected chi connectivity index (χ3v) is 6.77. The minimum absolute atomic E-state index is 0.254. The molecule has 31 heavy (non-hydrogen) atoms. The summed E-state index contributed by atoms with van der Waals surface area (Å²) in [6.45, 7) is 5.80. The van der Waals surface area contributed by atoms with Crippen LogP contribution in [0.4, 0.5) is 0 Å². The van der Waals surface area contributed by atoms with Gasteiger partial charge in [-0.05, 0) is 75.1 Å². The average molecular weight is 450 g/mol. The maximum atomic E-state index is 13.0. The lowest BCUT2D eigenvalue weighted by molar-refractivity contribution is -0.152. The molecule has 0 aliphatic heterocycles. The Morgan fingerprint density at radius 1 is 1.00 bits per heavy atom. The topological polar surface area (TPSA) is 93.1 Å². The first kappa shape index (κ1) is 24.7. The van der Waals surface area contributed by atoms with Gasteiger partial charge >= 0.3 is 5.97 Å². The molecule has 1 N–H and O–H groups in total. The fourth-order valence-corrected chi connectivity index (χ4v) is 4.59. The number of benzene rings is 2. The molecule has 0 spiro atoms. The Balaban J connectivity index is 1.99. The van der Waals surface area contributed by atoms with Crippen LogP contribution in [0.3, 0.4) is 0 Å². The Morgan fingerprint density at radius 3 is 2.10 bits per heavy atom. The van der Waals surface area contributed by atoms with Crippen molar-refractivity contribution in [2.45, 2.75) is 50.5 Å². The van der Waals surface area contributed by atoms with Crippen molar-refractivity contribution in [1.82, 2.24) is 4.31 Å². The molecule has 0 aromatic heterocycles. The number of hydrogen-bond acceptors (Lipinski definition) is 5. The fraction of sp³-hybridized carbons (Fsp3) is 0.435. The van der Waals surface area contributed by atoms with Crippen LogP contribution < -0.4 is 9.47 Å². The minimum atomic E-state index is -3.58. The summed E-state index contributed by atoms with van der Waals surface area (Å²) in [7, 11) is -2.04. The molecule has 170 valence electrons. The molecule has 0 heterocycles. The molecule has 0 unspecified atom stereocenters. The number of methoxy groups -OCH3 is 1. The number of rotatable bonds is 12. The zero-order valence-electron chi connectivity index (χ0n) is 18.5. The molecule has 0 atom stereocenters. The van der Waals surface area contributed by atoms with E-state index in [9.17, 15) is 13.2 Å². The van der Waals surface area contributed by atoms with Crippen molar-refractivity contribution in [1.29, 1.82) is 0 Å². The van der Waals surface area contributed by atoms with Crippen LogP contribution in [0.15, 0.2) is 53.4 Å². The third-order valence-electron chi connectivity index (χ3n) is 4.85. The highest BCUT2D eigenvalue weighted by Gasteiger charge is 2.29. The van der Waals surface area contributed by atoms with E-state index in [1.807, 2.05) is 19.1 Å². The Bertz CT molecular complexity index is 953. The Hall–Kier alpha value is -2.58. The first-order valence-electron chi connectivity index (χ1n) is 10.3. The first-order chi connectivity index (χ1) is 14.6. The molecule has 0 amide bonds. The molecule has 0 saturated heterocycles. The van der Waals surface area contributed by atoms with Crippen molar-refractivity contribution in [2.75, 3.05) is 20.2 Å². The van der Waals surface area contributed by atoms with E-state index < -0.39 is 21.6 Å². The molecule has 0 radical (unpaired) electrons. The molecule has 0 aliphatic carbocycles. The van der Waals surface area contributed by atoms with Crippen molar-refractivity contribution in [3.63, 3.8) is 0 Å². The van der Waals surface area contributed by atoms with Crippen LogP contribution in [0.2, 0.25) is 0 Å². The number of aryl methyl sites for hydroxylation is 1. The summed E-state index contributed by atoms with van der Waals surface area (Å²) >= 11 is 0. The molecule has 0 bridgehead atoms. The van der Waals surface area contributed by atoms with Crippen LogP contribution in [0.1, 0.15) is 39.2 Å². The van der Waals surface area contributed by atoms with E-state index in [0.717, 1.165) is 12.0 Å². The number of ether oxygens (including phenoxy) is 2. The normalized spacial score (nSPS) is 12.0. The second-order valence-corrected chi connectivity index (χ2v) is 9.68. The van der Waals surface area contributed by atoms with Gasteiger partial charge < -0.3 is 14.6 Å². The Labute approximate surface area is 184 Å². The summed E-state index contributed by atoms with van der Waals surface area (Å²) in [4.78, 5) is 11.4. The molecule has 0 saturated carbocycles. The van der Waals surface area contributed by atoms with Gasteiger partial charge in [0, 0.05) is 13.1 Å². The third kappa shape index (κ3) is 6.70. The lowest BCUT2D eigenvalue weighted by Gasteiger charge is -2.22. The standard InChI is InChI=1S/C23H31NO6S/c1-5-16-24(31(27,28)21-14-12-19(29-4)13-15-21)17-6-7-18-8-10-20(11-9-18)30-23(2,3)22(25)26/h8-15H,5-7,16-17H2,1-4H3,(H,25,26). The number of nitrogens with zero attached hydrogens (tertiary/aromatic N) is 1. The predicted octanol–water partition coefficient (Wildman–Crippen LogP) is 3.97. The van der Waals surface area contributed by atoms with Gasteiger partial charge in [-0.1, -0.05) is 19.1 Å². The lowest BCUT2D eigenvalue weighted by atomic mass is 10.1. The summed E-state index contributed by atoms with van der Waals surface area (Å²) in [6.07, 6.45) is 2.08. The number of carboxylic acids is 1. The summed E-state index contributed by atoms with van der Waals surface area (Å²) < 4.78 is 38.2. The van der Waals surface area contributed by atoms with Gasteiger partial charge in [0.05, 0.1) is 12.0 Å². The van der Waals surface area contributed by atoms with Gasteiger partial charge in [-0.2, -0.15) is 4.31 Å². The van der Waals surface area contributed by atoms with Gasteiger partial charge in [-0.3, -0.25) is 0 Å². The van der Waals surface area contributed by atoms with Crippen molar-refractivity contribution in [3.8, 4) is 11.5 Å². The van der Waals surface area contributed by atoms with E-state index in [2.05, 4.69) is 0 Å². The SMILES string of the molecule is CCCN(CCCc1ccc(OC(C)(C)C(=O)O)cc1)S(=O)(=O)c1ccc(OC)cc1. The van der Waals surface area contributed by atoms with Gasteiger partial charge in [-0.25, -0.2) is 13.2 Å². The van der Waals surface area contributed by atoms with Gasteiger partial charge in [0.15, 0.2) is 5.60 Å². The molecule has 0 fully saturated rings. The van der Waals surface area contributed by atoms with Crippen LogP contribution in [0.5, 0.6) is 11.5 Å². The van der Waals surface area contributed by atoms with Crippen molar-refractivity contribution in [3.05, 3.63) is 54.1 Å². The molecule has 0 aliphatic rings. The van der Waals surface area contributed by atoms with E-state index >= 15 is 0 Å². The summed E-state index contributed by atoms with van der Waals surface area (Å²) in [5, 5.41) is 9.16. The van der Waals surface area contributed by atoms with Crippen LogP contribution in [0, 0.1) is 0 Å². The molecular formula is C23H31NO6S. The summed E-state index contributed by atoms with van der Waals surface area (Å²) in [5.74, 6) is 0.0525. The largest absolute Gasteiger partial charge is 0.497 e. The van der Waals surface area contributed by atoms with Crippen LogP contribution in [0.25, 0.3) is 0 Å². The second-order valence-electron chi connectivity index (χ2n) is 7.74. The predicted molar refractivity (Wildman–Crippen MR) is 119 cm³/mol. The fourth-order valence-electron chi connectivity index (χ4n) is 3.02. The lowest BCUT2D eigenvalue weighted by Crippen LogP contribution is -2.37. The number of aliphatic carboxylic acids is 1. The van der Waals surface area contributed by atoms with E-state index in [1.54, 1.807) is 43.5 Å². The highest BCUT2D eigenvalue weighted by atomic mass is 32.2. The quantitative estimate of drug-likeness (QED) is 0.527. The van der Waals surface area contributed by atoms with Gasteiger partial charge in [0.25, 0.3) is 0 Å². The summed E-state index contributed by atoms with van der Waals surface area (Å²) in [6, 6.07) is 13.6. The van der Waals surface area contributed by atoms with Crippen molar-refractivity contribution >= 4 is 16.0 Å². The highest BCUT2D eigenvalue weighted by Crippen LogP contribution is 2.22. The van der Waals surface area contributed by atoms with Crippen LogP contribution in [-0.2, 0) is 21.2 Å². The maximum absolute atomic E-state index is 13.0. The van der Waals surface area contributed by atoms with Crippen LogP contribution >= 0.6 is 0 Å². The highest BCUT2D eigenvalue weighted by molar-refractivity contribution is 7.89. The van der Waals surface area contributed by atoms with E-state index in [1.165, 1.54) is 18.2 Å². The smallest absolute Gasteiger partial charge is 0.347 e. The number of hydrogen-bond donors (Lipinski definition) is 1. The van der Waals surface area contributed by atoms with Crippen molar-refractivity contribution in [2.24, 2.45) is 0 Å². The van der Waals surface area contributed by atoms with E-state index in [4.69, 9.17) is 14.6 Å². The van der Waals surface area contributed by atoms with E-state index in [-0.39, 0.29) is 4.90 Å². The number of carboxylic acid groups (broad SMARTS) is 1. The zero-order valence-corrected chi connectivity index (χ0v) is 19.3. The average Bonchev–Trinajstić information content (AvgIpc) is 2.74. The van der Waals surface area contributed by atoms with E-state index in [0.29, 0.717) is 37.4 Å². The molecule has 2 aromatic carbocycles. The van der Waals surface area contributed by atoms with Crippen LogP contribution in [-0.4, -0.2) is 49.6 Å². The van der Waals surface area contributed by atoms with Gasteiger partial charge in [0.1, 0.15) is 11.5 Å². The van der Waals surface area contributed by atoms with Crippen molar-refractivity contribution < 1.29 is 27.8 Å². The number of carbonyl (C=O) groups is 1. The number of sulfonamides is 1. The first-order valence-corrected chi connectivity index (χ1v) is 11.7. The molecule has 8 heteroatoms. The molecular weight excluding hydrogens is 418 g/mol. The zero-order chi connectivity index (χ0) is 23.1. The molecule has 2 rings (SSSR count). The Morgan fingerprint density at radius 2 is 1.58 bits per heavy atom. The molecule has 2 aromatic rings. The van der Waals surface area contributed by atoms with Gasteiger partial charge in [0.2, 0.25) is 10.0 Å². The summed E-state index contributed by atoms with van der Waals surface area (Å²) in [5.41, 5.74) is -0.281. The monoisotopic (exact) mass is 449 g/mol.